The predicted octanol–water partition coefficient (Wildman–Crippen LogP) is 5.67. The normalized spacial score (nSPS) is 23.4. The quantitative estimate of drug-likeness (QED) is 0.447. The number of anilines is 1. The summed E-state index contributed by atoms with van der Waals surface area (Å²) >= 11 is 5.43. The molecule has 3 aromatic rings. The molecule has 1 fully saturated rings. The highest BCUT2D eigenvalue weighted by Gasteiger charge is 2.38. The highest BCUT2D eigenvalue weighted by molar-refractivity contribution is 9.09. The first kappa shape index (κ1) is 18.6. The molecule has 5 rings (SSSR count). The zero-order valence-electron chi connectivity index (χ0n) is 16.5. The number of benzene rings is 1. The van der Waals surface area contributed by atoms with Crippen LogP contribution in [0.3, 0.4) is 0 Å². The summed E-state index contributed by atoms with van der Waals surface area (Å²) < 4.78 is 1.31. The van der Waals surface area contributed by atoms with Crippen LogP contribution in [0.2, 0.25) is 0 Å². The number of hydrogen-bond acceptors (Lipinski definition) is 4. The SMILES string of the molecule is CN(C)Cc1cc2[nH]nc(C3Cc4ccc([C@H]5CC5CCCBr)cc4N3)c2s1. The summed E-state index contributed by atoms with van der Waals surface area (Å²) in [6.45, 7) is 0.978. The lowest BCUT2D eigenvalue weighted by atomic mass is 10.0. The maximum absolute atomic E-state index is 4.66. The monoisotopic (exact) mass is 458 g/mol. The van der Waals surface area contributed by atoms with Gasteiger partial charge >= 0.3 is 0 Å². The predicted molar refractivity (Wildman–Crippen MR) is 122 cm³/mol. The van der Waals surface area contributed by atoms with Crippen LogP contribution in [0.25, 0.3) is 10.2 Å². The lowest BCUT2D eigenvalue weighted by molar-refractivity contribution is 0.406. The molecule has 0 saturated heterocycles. The molecule has 2 aromatic heterocycles. The number of aromatic nitrogens is 2. The van der Waals surface area contributed by atoms with E-state index in [0.717, 1.165) is 30.1 Å². The summed E-state index contributed by atoms with van der Waals surface area (Å²) in [5.74, 6) is 1.66. The van der Waals surface area contributed by atoms with Crippen LogP contribution in [0.15, 0.2) is 24.3 Å². The standard InChI is InChI=1S/C22H27BrN4S/c1-27(2)12-16-11-20-22(28-16)21(26-25-20)19-10-15-6-5-14(9-18(15)24-19)17-8-13(17)4-3-7-23/h5-6,9,11,13,17,19,24H,3-4,7-8,10,12H2,1-2H3,(H,25,26)/t13?,17-,19?/m0/s1. The van der Waals surface area contributed by atoms with Gasteiger partial charge in [0.2, 0.25) is 0 Å². The third kappa shape index (κ3) is 3.51. The Kier molecular flexibility index (Phi) is 4.97. The highest BCUT2D eigenvalue weighted by Crippen LogP contribution is 2.51. The summed E-state index contributed by atoms with van der Waals surface area (Å²) in [6.07, 6.45) is 5.02. The van der Waals surface area contributed by atoms with Crippen molar-refractivity contribution in [3.8, 4) is 0 Å². The van der Waals surface area contributed by atoms with E-state index in [0.29, 0.717) is 0 Å². The number of nitrogens with one attached hydrogen (secondary N) is 2. The minimum atomic E-state index is 0.272. The first-order chi connectivity index (χ1) is 13.6. The second kappa shape index (κ2) is 7.47. The van der Waals surface area contributed by atoms with E-state index in [9.17, 15) is 0 Å². The van der Waals surface area contributed by atoms with E-state index in [1.165, 1.54) is 56.9 Å². The van der Waals surface area contributed by atoms with Gasteiger partial charge in [-0.05, 0) is 68.5 Å². The van der Waals surface area contributed by atoms with Crippen LogP contribution in [0.1, 0.15) is 52.9 Å². The molecule has 2 aliphatic rings. The van der Waals surface area contributed by atoms with Crippen molar-refractivity contribution < 1.29 is 0 Å². The second-order valence-electron chi connectivity index (χ2n) is 8.55. The fourth-order valence-electron chi connectivity index (χ4n) is 4.59. The fraction of sp³-hybridized carbons (Fsp3) is 0.500. The van der Waals surface area contributed by atoms with E-state index in [1.807, 2.05) is 11.3 Å². The molecule has 3 heterocycles. The van der Waals surface area contributed by atoms with E-state index in [-0.39, 0.29) is 6.04 Å². The minimum absolute atomic E-state index is 0.272. The number of nitrogens with zero attached hydrogens (tertiary/aromatic N) is 2. The van der Waals surface area contributed by atoms with Crippen molar-refractivity contribution in [2.45, 2.75) is 44.2 Å². The summed E-state index contributed by atoms with van der Waals surface area (Å²) in [4.78, 5) is 3.60. The lowest BCUT2D eigenvalue weighted by Crippen LogP contribution is -2.09. The Labute approximate surface area is 178 Å². The van der Waals surface area contributed by atoms with Crippen LogP contribution in [-0.4, -0.2) is 34.5 Å². The molecular formula is C22H27BrN4S. The highest BCUT2D eigenvalue weighted by atomic mass is 79.9. The first-order valence-corrected chi connectivity index (χ1v) is 12.1. The van der Waals surface area contributed by atoms with Gasteiger partial charge in [0.15, 0.2) is 0 Å². The van der Waals surface area contributed by atoms with Crippen molar-refractivity contribution in [1.82, 2.24) is 15.1 Å². The average Bonchev–Trinajstić information content (AvgIpc) is 2.97. The van der Waals surface area contributed by atoms with Gasteiger partial charge in [0.25, 0.3) is 0 Å². The van der Waals surface area contributed by atoms with Gasteiger partial charge in [-0.3, -0.25) is 5.10 Å². The Morgan fingerprint density at radius 3 is 3.00 bits per heavy atom. The first-order valence-electron chi connectivity index (χ1n) is 10.2. The van der Waals surface area contributed by atoms with Gasteiger partial charge in [-0.1, -0.05) is 28.1 Å². The van der Waals surface area contributed by atoms with Crippen LogP contribution in [0.4, 0.5) is 5.69 Å². The van der Waals surface area contributed by atoms with Crippen molar-refractivity contribution >= 4 is 43.2 Å². The maximum Gasteiger partial charge on any atom is 0.103 e. The molecule has 2 N–H and O–H groups in total. The second-order valence-corrected chi connectivity index (χ2v) is 10.5. The van der Waals surface area contributed by atoms with Gasteiger partial charge in [0, 0.05) is 28.9 Å². The Balaban J connectivity index is 1.33. The van der Waals surface area contributed by atoms with Crippen molar-refractivity contribution in [1.29, 1.82) is 0 Å². The van der Waals surface area contributed by atoms with Crippen LogP contribution >= 0.6 is 27.3 Å². The zero-order chi connectivity index (χ0) is 19.3. The van der Waals surface area contributed by atoms with Crippen molar-refractivity contribution in [3.05, 3.63) is 46.0 Å². The van der Waals surface area contributed by atoms with Gasteiger partial charge in [0.1, 0.15) is 5.69 Å². The molecular weight excluding hydrogens is 432 g/mol. The number of hydrogen-bond donors (Lipinski definition) is 2. The number of fused-ring (bicyclic) bond motifs is 2. The Morgan fingerprint density at radius 1 is 1.29 bits per heavy atom. The number of thiophene rings is 1. The molecule has 1 aromatic carbocycles. The topological polar surface area (TPSA) is 44.0 Å². The number of aromatic amines is 1. The zero-order valence-corrected chi connectivity index (χ0v) is 18.9. The Hall–Kier alpha value is -1.37. The van der Waals surface area contributed by atoms with Crippen molar-refractivity contribution in [2.24, 2.45) is 5.92 Å². The summed E-state index contributed by atoms with van der Waals surface area (Å²) in [7, 11) is 4.23. The molecule has 1 saturated carbocycles. The molecule has 6 heteroatoms. The van der Waals surface area contributed by atoms with Crippen LogP contribution in [0, 0.1) is 5.92 Å². The number of H-pyrrole nitrogens is 1. The van der Waals surface area contributed by atoms with Crippen molar-refractivity contribution in [3.63, 3.8) is 0 Å². The molecule has 3 atom stereocenters. The summed E-state index contributed by atoms with van der Waals surface area (Å²) in [5, 5.41) is 12.8. The molecule has 0 amide bonds. The van der Waals surface area contributed by atoms with Crippen LogP contribution in [0.5, 0.6) is 0 Å². The number of alkyl halides is 1. The van der Waals surface area contributed by atoms with Gasteiger partial charge < -0.3 is 10.2 Å². The van der Waals surface area contributed by atoms with E-state index >= 15 is 0 Å². The van der Waals surface area contributed by atoms with E-state index in [4.69, 9.17) is 0 Å². The van der Waals surface area contributed by atoms with Gasteiger partial charge in [-0.25, -0.2) is 0 Å². The molecule has 1 aliphatic carbocycles. The van der Waals surface area contributed by atoms with Gasteiger partial charge in [-0.15, -0.1) is 11.3 Å². The van der Waals surface area contributed by atoms with E-state index in [1.54, 1.807) is 0 Å². The largest absolute Gasteiger partial charge is 0.376 e. The Bertz CT molecular complexity index is 992. The molecule has 0 bridgehead atoms. The van der Waals surface area contributed by atoms with Crippen LogP contribution in [-0.2, 0) is 13.0 Å². The fourth-order valence-corrected chi connectivity index (χ4v) is 6.18. The molecule has 1 aliphatic heterocycles. The third-order valence-electron chi connectivity index (χ3n) is 6.06. The third-order valence-corrected chi connectivity index (χ3v) is 7.76. The average molecular weight is 459 g/mol. The lowest BCUT2D eigenvalue weighted by Gasteiger charge is -2.09. The number of halogens is 1. The van der Waals surface area contributed by atoms with Crippen LogP contribution < -0.4 is 5.32 Å². The van der Waals surface area contributed by atoms with E-state index < -0.39 is 0 Å². The molecule has 28 heavy (non-hydrogen) atoms. The van der Waals surface area contributed by atoms with Crippen molar-refractivity contribution in [2.75, 3.05) is 24.7 Å². The minimum Gasteiger partial charge on any atom is -0.376 e. The van der Waals surface area contributed by atoms with E-state index in [2.05, 4.69) is 74.7 Å². The molecule has 0 radical (unpaired) electrons. The Morgan fingerprint density at radius 2 is 2.18 bits per heavy atom. The summed E-state index contributed by atoms with van der Waals surface area (Å²) in [5.41, 5.74) is 6.60. The summed E-state index contributed by atoms with van der Waals surface area (Å²) in [6, 6.07) is 9.63. The van der Waals surface area contributed by atoms with Gasteiger partial charge in [-0.2, -0.15) is 5.10 Å². The number of rotatable bonds is 7. The maximum atomic E-state index is 4.66. The smallest absolute Gasteiger partial charge is 0.103 e. The van der Waals surface area contributed by atoms with Gasteiger partial charge in [0.05, 0.1) is 16.3 Å². The molecule has 4 nitrogen and oxygen atoms in total. The molecule has 2 unspecified atom stereocenters. The molecule has 0 spiro atoms. The molecule has 148 valence electrons.